The molecule has 0 amide bonds. The minimum absolute atomic E-state index is 0.971. The minimum atomic E-state index is -10.7. The van der Waals surface area contributed by atoms with Crippen LogP contribution in [0.25, 0.3) is 0 Å². The van der Waals surface area contributed by atoms with Crippen LogP contribution < -0.4 is 0 Å². The Kier molecular flexibility index (Phi) is 3.88. The summed E-state index contributed by atoms with van der Waals surface area (Å²) in [5.41, 5.74) is -7.83. The third-order valence-corrected chi connectivity index (χ3v) is 3.02. The monoisotopic (exact) mass is 342 g/mol. The average Bonchev–Trinajstić information content (AvgIpc) is 1.94. The molecule has 0 aromatic rings. The fourth-order valence-corrected chi connectivity index (χ4v) is 1.48. The van der Waals surface area contributed by atoms with E-state index in [1.807, 2.05) is 0 Å². The zero-order valence-electron chi connectivity index (χ0n) is 7.77. The summed E-state index contributed by atoms with van der Waals surface area (Å²) in [5.74, 6) is 0. The van der Waals surface area contributed by atoms with Gasteiger partial charge in [-0.3, -0.25) is 0 Å². The van der Waals surface area contributed by atoms with Gasteiger partial charge >= 0.3 is 92.9 Å². The first kappa shape index (κ1) is 18.5. The van der Waals surface area contributed by atoms with Crippen LogP contribution in [0.15, 0.2) is 0 Å². The Morgan fingerprint density at radius 2 is 0.895 bits per heavy atom. The van der Waals surface area contributed by atoms with Crippen molar-refractivity contribution in [2.45, 2.75) is 24.1 Å². The Hall–Kier alpha value is -0.520. The van der Waals surface area contributed by atoms with Crippen molar-refractivity contribution in [3.63, 3.8) is 0 Å². The second-order valence-electron chi connectivity index (χ2n) is 2.89. The molecule has 0 saturated heterocycles. The molecule has 0 radical (unpaired) electrons. The Morgan fingerprint density at radius 1 is 0.579 bits per heavy atom. The summed E-state index contributed by atoms with van der Waals surface area (Å²) < 4.78 is 153. The fourth-order valence-electron chi connectivity index (χ4n) is 0.492. The topological polar surface area (TPSA) is 9.23 Å². The first-order chi connectivity index (χ1) is 7.74. The van der Waals surface area contributed by atoms with Gasteiger partial charge in [-0.15, -0.1) is 0 Å². The summed E-state index contributed by atoms with van der Waals surface area (Å²) in [4.78, 5) is 0. The molecule has 15 heteroatoms. The van der Waals surface area contributed by atoms with E-state index in [4.69, 9.17) is 0 Å². The number of rotatable bonds is 3. The second kappa shape index (κ2) is 3.99. The molecule has 0 unspecified atom stereocenters. The van der Waals surface area contributed by atoms with Crippen molar-refractivity contribution in [3.05, 3.63) is 0 Å². The van der Waals surface area contributed by atoms with Gasteiger partial charge in [0, 0.05) is 0 Å². The summed E-state index contributed by atoms with van der Waals surface area (Å²) in [6.45, 7) is 0. The van der Waals surface area contributed by atoms with Crippen molar-refractivity contribution in [1.82, 2.24) is 0 Å². The summed E-state index contributed by atoms with van der Waals surface area (Å²) >= 11 is 0. The first-order valence-corrected chi connectivity index (χ1v) is 5.33. The maximum absolute atomic E-state index is 12.2. The average molecular weight is 342 g/mol. The standard InChI is InChI=1S/C4F13OP/c5-1(6,7)3(11,12)18-19(15,16,17)4(13,14)2(8,9)10. The molecular weight excluding hydrogens is 342 g/mol. The fraction of sp³-hybridized carbons (Fsp3) is 1.00. The van der Waals surface area contributed by atoms with Crippen molar-refractivity contribution in [2.75, 3.05) is 0 Å². The molecule has 19 heavy (non-hydrogen) atoms. The van der Waals surface area contributed by atoms with Gasteiger partial charge in [0.2, 0.25) is 0 Å². The first-order valence-electron chi connectivity index (χ1n) is 3.51. The zero-order valence-corrected chi connectivity index (χ0v) is 8.66. The Balaban J connectivity index is 5.73. The van der Waals surface area contributed by atoms with Gasteiger partial charge in [-0.2, -0.15) is 0 Å². The number of hydrogen-bond donors (Lipinski definition) is 0. The normalized spacial score (nSPS) is 18.1. The van der Waals surface area contributed by atoms with Gasteiger partial charge in [-0.05, 0) is 0 Å². The SMILES string of the molecule is FC(F)(F)C(F)(F)OP(F)(F)(F)C(F)(F)C(F)(F)F. The van der Waals surface area contributed by atoms with E-state index < -0.39 is 31.9 Å². The molecule has 0 bridgehead atoms. The Morgan fingerprint density at radius 3 is 1.11 bits per heavy atom. The third-order valence-electron chi connectivity index (χ3n) is 1.37. The molecule has 1 nitrogen and oxygen atoms in total. The summed E-state index contributed by atoms with van der Waals surface area (Å²) in [5, 5.41) is 0. The molecule has 0 spiro atoms. The van der Waals surface area contributed by atoms with E-state index in [9.17, 15) is 56.5 Å². The molecule has 0 atom stereocenters. The molecule has 0 aliphatic rings. The zero-order chi connectivity index (χ0) is 16.2. The molecule has 118 valence electrons. The van der Waals surface area contributed by atoms with Crippen molar-refractivity contribution < 1.29 is 61.0 Å². The predicted octanol–water partition coefficient (Wildman–Crippen LogP) is 5.44. The predicted molar refractivity (Wildman–Crippen MR) is 33.3 cm³/mol. The molecule has 0 aliphatic heterocycles. The summed E-state index contributed by atoms with van der Waals surface area (Å²) in [7, 11) is -10.7. The summed E-state index contributed by atoms with van der Waals surface area (Å²) in [6.07, 6.45) is -21.8. The Labute approximate surface area is 94.2 Å². The molecular formula is C4F13OP. The van der Waals surface area contributed by atoms with Crippen molar-refractivity contribution in [2.24, 2.45) is 0 Å². The molecule has 0 saturated carbocycles. The maximum atomic E-state index is 12.2. The van der Waals surface area contributed by atoms with Crippen LogP contribution in [0.1, 0.15) is 0 Å². The molecule has 0 aromatic carbocycles. The number of alkyl halides is 10. The molecule has 0 rings (SSSR count). The van der Waals surface area contributed by atoms with E-state index in [0.29, 0.717) is 0 Å². The second-order valence-corrected chi connectivity index (χ2v) is 5.12. The van der Waals surface area contributed by atoms with Crippen molar-refractivity contribution in [1.29, 1.82) is 0 Å². The molecule has 0 fully saturated rings. The van der Waals surface area contributed by atoms with Gasteiger partial charge in [0.15, 0.2) is 0 Å². The summed E-state index contributed by atoms with van der Waals surface area (Å²) in [6, 6.07) is 0. The van der Waals surface area contributed by atoms with E-state index in [1.165, 1.54) is 0 Å². The molecule has 0 aromatic heterocycles. The van der Waals surface area contributed by atoms with Crippen LogP contribution in [-0.2, 0) is 4.52 Å². The molecule has 0 heterocycles. The molecule has 0 N–H and O–H groups in total. The van der Waals surface area contributed by atoms with Crippen LogP contribution in [0.4, 0.5) is 56.5 Å². The van der Waals surface area contributed by atoms with Gasteiger partial charge < -0.3 is 0 Å². The van der Waals surface area contributed by atoms with Gasteiger partial charge in [0.1, 0.15) is 0 Å². The van der Waals surface area contributed by atoms with Crippen molar-refractivity contribution >= 4 is 7.76 Å². The van der Waals surface area contributed by atoms with E-state index in [1.54, 1.807) is 0 Å². The number of halogens is 13. The van der Waals surface area contributed by atoms with E-state index in [0.717, 1.165) is 4.52 Å². The quantitative estimate of drug-likeness (QED) is 0.491. The van der Waals surface area contributed by atoms with Crippen LogP contribution in [0.3, 0.4) is 0 Å². The van der Waals surface area contributed by atoms with Crippen molar-refractivity contribution in [3.8, 4) is 0 Å². The van der Waals surface area contributed by atoms with Gasteiger partial charge in [0.05, 0.1) is 0 Å². The van der Waals surface area contributed by atoms with Crippen LogP contribution in [0, 0.1) is 0 Å². The molecule has 0 aliphatic carbocycles. The van der Waals surface area contributed by atoms with Crippen LogP contribution in [0.5, 0.6) is 0 Å². The van der Waals surface area contributed by atoms with Gasteiger partial charge in [0.25, 0.3) is 0 Å². The van der Waals surface area contributed by atoms with E-state index >= 15 is 0 Å². The van der Waals surface area contributed by atoms with Gasteiger partial charge in [-0.25, -0.2) is 0 Å². The van der Waals surface area contributed by atoms with Crippen LogP contribution in [0.2, 0.25) is 0 Å². The van der Waals surface area contributed by atoms with Crippen LogP contribution >= 0.6 is 7.76 Å². The Bertz CT molecular complexity index is 342. The van der Waals surface area contributed by atoms with Gasteiger partial charge in [-0.1, -0.05) is 0 Å². The van der Waals surface area contributed by atoms with E-state index in [2.05, 4.69) is 0 Å². The number of hydrogen-bond acceptors (Lipinski definition) is 1. The van der Waals surface area contributed by atoms with E-state index in [-0.39, 0.29) is 0 Å². The third kappa shape index (κ3) is 3.15. The van der Waals surface area contributed by atoms with Crippen LogP contribution in [-0.4, -0.2) is 24.1 Å².